The SMILES string of the molecule is O=C(CCc1nc(-c2ccncc2)no1)N1CCCC2=C[C@@H]3C[C@@H](CN4CCCC[C@H]34)[C@@H]21. The van der Waals surface area contributed by atoms with Crippen molar-refractivity contribution in [2.24, 2.45) is 11.8 Å². The maximum absolute atomic E-state index is 13.3. The normalized spacial score (nSPS) is 29.8. The van der Waals surface area contributed by atoms with Gasteiger partial charge in [-0.3, -0.25) is 14.7 Å². The summed E-state index contributed by atoms with van der Waals surface area (Å²) < 4.78 is 5.42. The lowest BCUT2D eigenvalue weighted by Gasteiger charge is -2.54. The van der Waals surface area contributed by atoms with E-state index in [1.807, 2.05) is 12.1 Å². The first-order chi connectivity index (χ1) is 15.8. The van der Waals surface area contributed by atoms with Crippen LogP contribution in [0.5, 0.6) is 0 Å². The number of aromatic nitrogens is 3. The first-order valence-electron chi connectivity index (χ1n) is 12.2. The number of nitrogens with zero attached hydrogens (tertiary/aromatic N) is 5. The van der Waals surface area contributed by atoms with Crippen molar-refractivity contribution in [3.63, 3.8) is 0 Å². The highest BCUT2D eigenvalue weighted by Crippen LogP contribution is 2.45. The van der Waals surface area contributed by atoms with Crippen LogP contribution in [0, 0.1) is 11.8 Å². The molecule has 3 aliphatic heterocycles. The van der Waals surface area contributed by atoms with Gasteiger partial charge in [-0.25, -0.2) is 0 Å². The van der Waals surface area contributed by atoms with Gasteiger partial charge >= 0.3 is 0 Å². The fourth-order valence-corrected chi connectivity index (χ4v) is 6.59. The Morgan fingerprint density at radius 1 is 1.16 bits per heavy atom. The zero-order valence-electron chi connectivity index (χ0n) is 18.5. The maximum Gasteiger partial charge on any atom is 0.227 e. The summed E-state index contributed by atoms with van der Waals surface area (Å²) in [5.41, 5.74) is 2.41. The van der Waals surface area contributed by atoms with E-state index in [1.165, 1.54) is 37.8 Å². The molecule has 3 fully saturated rings. The minimum atomic E-state index is 0.225. The van der Waals surface area contributed by atoms with Crippen molar-refractivity contribution in [2.75, 3.05) is 19.6 Å². The quantitative estimate of drug-likeness (QED) is 0.687. The Kier molecular flexibility index (Phi) is 5.29. The van der Waals surface area contributed by atoms with E-state index in [-0.39, 0.29) is 5.91 Å². The molecular weight excluding hydrogens is 402 g/mol. The molecule has 7 heteroatoms. The maximum atomic E-state index is 13.3. The molecule has 7 nitrogen and oxygen atoms in total. The molecule has 6 rings (SSSR count). The van der Waals surface area contributed by atoms with Crippen molar-refractivity contribution in [3.05, 3.63) is 42.1 Å². The van der Waals surface area contributed by atoms with Crippen LogP contribution in [0.3, 0.4) is 0 Å². The number of likely N-dealkylation sites (tertiary alicyclic amines) is 1. The summed E-state index contributed by atoms with van der Waals surface area (Å²) in [4.78, 5) is 26.7. The molecule has 1 amide bonds. The number of aryl methyl sites for hydroxylation is 1. The number of piperidine rings is 3. The van der Waals surface area contributed by atoms with Gasteiger partial charge in [-0.05, 0) is 62.6 Å². The van der Waals surface area contributed by atoms with Crippen LogP contribution in [-0.2, 0) is 11.2 Å². The number of fused-ring (bicyclic) bond motifs is 6. The van der Waals surface area contributed by atoms with E-state index >= 15 is 0 Å². The zero-order valence-corrected chi connectivity index (χ0v) is 18.5. The Hall–Kier alpha value is -2.54. The molecule has 0 spiro atoms. The second kappa shape index (κ2) is 8.43. The van der Waals surface area contributed by atoms with E-state index in [9.17, 15) is 4.79 Å². The Morgan fingerprint density at radius 3 is 2.97 bits per heavy atom. The molecule has 32 heavy (non-hydrogen) atoms. The van der Waals surface area contributed by atoms with E-state index in [0.717, 1.165) is 37.5 Å². The molecule has 168 valence electrons. The predicted octanol–water partition coefficient (Wildman–Crippen LogP) is 3.49. The van der Waals surface area contributed by atoms with Crippen molar-refractivity contribution < 1.29 is 9.32 Å². The van der Waals surface area contributed by atoms with Gasteiger partial charge in [0.05, 0.1) is 6.04 Å². The topological polar surface area (TPSA) is 75.4 Å². The average molecular weight is 434 g/mol. The van der Waals surface area contributed by atoms with E-state index in [1.54, 1.807) is 12.4 Å². The molecule has 0 radical (unpaired) electrons. The molecule has 3 saturated heterocycles. The largest absolute Gasteiger partial charge is 0.339 e. The number of carbonyl (C=O) groups excluding carboxylic acids is 1. The van der Waals surface area contributed by atoms with Gasteiger partial charge < -0.3 is 9.42 Å². The smallest absolute Gasteiger partial charge is 0.227 e. The number of carbonyl (C=O) groups is 1. The number of amides is 1. The van der Waals surface area contributed by atoms with Gasteiger partial charge in [-0.1, -0.05) is 23.2 Å². The van der Waals surface area contributed by atoms with Crippen LogP contribution in [0.1, 0.15) is 50.8 Å². The molecule has 0 saturated carbocycles. The van der Waals surface area contributed by atoms with Crippen molar-refractivity contribution >= 4 is 5.91 Å². The van der Waals surface area contributed by atoms with Gasteiger partial charge in [0, 0.05) is 49.9 Å². The van der Waals surface area contributed by atoms with Crippen LogP contribution in [0.2, 0.25) is 0 Å². The summed E-state index contributed by atoms with van der Waals surface area (Å²) in [6.45, 7) is 3.27. The van der Waals surface area contributed by atoms with E-state index < -0.39 is 0 Å². The van der Waals surface area contributed by atoms with E-state index in [4.69, 9.17) is 4.52 Å². The molecule has 2 bridgehead atoms. The highest BCUT2D eigenvalue weighted by molar-refractivity contribution is 5.77. The molecule has 5 heterocycles. The van der Waals surface area contributed by atoms with Gasteiger partial charge in [0.1, 0.15) is 0 Å². The number of hydrogen-bond donors (Lipinski definition) is 0. The molecule has 4 aliphatic rings. The van der Waals surface area contributed by atoms with Crippen LogP contribution in [0.4, 0.5) is 0 Å². The fraction of sp³-hybridized carbons (Fsp3) is 0.600. The Balaban J connectivity index is 1.15. The summed E-state index contributed by atoms with van der Waals surface area (Å²) in [7, 11) is 0. The van der Waals surface area contributed by atoms with Crippen molar-refractivity contribution in [2.45, 2.75) is 63.5 Å². The second-order valence-electron chi connectivity index (χ2n) is 9.84. The molecule has 2 aromatic heterocycles. The molecule has 2 aromatic rings. The lowest BCUT2D eigenvalue weighted by molar-refractivity contribution is -0.136. The molecule has 1 aliphatic carbocycles. The van der Waals surface area contributed by atoms with Crippen molar-refractivity contribution in [1.29, 1.82) is 0 Å². The predicted molar refractivity (Wildman–Crippen MR) is 119 cm³/mol. The van der Waals surface area contributed by atoms with Gasteiger partial charge in [0.2, 0.25) is 17.6 Å². The first kappa shape index (κ1) is 20.1. The second-order valence-corrected chi connectivity index (χ2v) is 9.84. The summed E-state index contributed by atoms with van der Waals surface area (Å²) in [5.74, 6) is 2.58. The Morgan fingerprint density at radius 2 is 2.06 bits per heavy atom. The standard InChI is InChI=1S/C25H31N5O2/c31-23(7-6-22-27-25(28-32-22)17-8-10-26-11-9-17)30-13-3-4-18-14-19-15-20(24(18)30)16-29-12-2-1-5-21(19)29/h8-11,14,19-21,24H,1-7,12-13,15-16H2/t19-,20+,21-,24-/m1/s1. The molecule has 0 aromatic carbocycles. The fourth-order valence-electron chi connectivity index (χ4n) is 6.59. The third-order valence-electron chi connectivity index (χ3n) is 7.94. The third kappa shape index (κ3) is 3.66. The Labute approximate surface area is 188 Å². The summed E-state index contributed by atoms with van der Waals surface area (Å²) in [6.07, 6.45) is 14.4. The summed E-state index contributed by atoms with van der Waals surface area (Å²) in [6, 6.07) is 4.75. The minimum Gasteiger partial charge on any atom is -0.339 e. The first-order valence-corrected chi connectivity index (χ1v) is 12.2. The number of pyridine rings is 1. The van der Waals surface area contributed by atoms with Crippen LogP contribution in [0.25, 0.3) is 11.4 Å². The lowest BCUT2D eigenvalue weighted by Crippen LogP contribution is -2.60. The lowest BCUT2D eigenvalue weighted by atomic mass is 9.68. The highest BCUT2D eigenvalue weighted by Gasteiger charge is 2.46. The number of rotatable bonds is 4. The van der Waals surface area contributed by atoms with Gasteiger partial charge in [-0.2, -0.15) is 4.98 Å². The molecule has 0 N–H and O–H groups in total. The van der Waals surface area contributed by atoms with Gasteiger partial charge in [-0.15, -0.1) is 0 Å². The molecule has 4 atom stereocenters. The molecular formula is C25H31N5O2. The zero-order chi connectivity index (χ0) is 21.5. The monoisotopic (exact) mass is 433 g/mol. The average Bonchev–Trinajstić information content (AvgIpc) is 3.32. The summed E-state index contributed by atoms with van der Waals surface area (Å²) in [5, 5.41) is 4.07. The third-order valence-corrected chi connectivity index (χ3v) is 7.94. The number of hydrogen-bond acceptors (Lipinski definition) is 6. The van der Waals surface area contributed by atoms with E-state index in [0.29, 0.717) is 42.4 Å². The van der Waals surface area contributed by atoms with Crippen LogP contribution in [0.15, 0.2) is 40.7 Å². The van der Waals surface area contributed by atoms with Gasteiger partial charge in [0.15, 0.2) is 0 Å². The summed E-state index contributed by atoms with van der Waals surface area (Å²) >= 11 is 0. The highest BCUT2D eigenvalue weighted by atomic mass is 16.5. The van der Waals surface area contributed by atoms with Crippen molar-refractivity contribution in [1.82, 2.24) is 24.9 Å². The van der Waals surface area contributed by atoms with E-state index in [2.05, 4.69) is 31.0 Å². The van der Waals surface area contributed by atoms with Crippen molar-refractivity contribution in [3.8, 4) is 11.4 Å². The van der Waals surface area contributed by atoms with Crippen LogP contribution < -0.4 is 0 Å². The minimum absolute atomic E-state index is 0.225. The molecule has 0 unspecified atom stereocenters. The Bertz CT molecular complexity index is 1000. The van der Waals surface area contributed by atoms with Gasteiger partial charge in [0.25, 0.3) is 0 Å². The van der Waals surface area contributed by atoms with Crippen LogP contribution in [-0.4, -0.2) is 62.5 Å². The van der Waals surface area contributed by atoms with Crippen LogP contribution >= 0.6 is 0 Å².